The quantitative estimate of drug-likeness (QED) is 0.775. The molecule has 0 radical (unpaired) electrons. The number of amides is 1. The second-order valence-corrected chi connectivity index (χ2v) is 6.61. The van der Waals surface area contributed by atoms with Crippen molar-refractivity contribution >= 4 is 17.5 Å². The summed E-state index contributed by atoms with van der Waals surface area (Å²) in [5.74, 6) is 1.81. The van der Waals surface area contributed by atoms with Crippen LogP contribution in [0.1, 0.15) is 37.6 Å². The van der Waals surface area contributed by atoms with Crippen molar-refractivity contribution in [2.45, 2.75) is 39.3 Å². The smallest absolute Gasteiger partial charge is 0.222 e. The Morgan fingerprint density at radius 2 is 2.26 bits per heavy atom. The first kappa shape index (κ1) is 16.1. The van der Waals surface area contributed by atoms with E-state index in [0.717, 1.165) is 23.0 Å². The number of nitrogens with zero attached hydrogens (tertiary/aromatic N) is 3. The predicted octanol–water partition coefficient (Wildman–Crippen LogP) is 3.73. The van der Waals surface area contributed by atoms with Crippen LogP contribution in [0.15, 0.2) is 36.7 Å². The van der Waals surface area contributed by atoms with E-state index in [1.807, 2.05) is 36.2 Å². The Labute approximate surface area is 142 Å². The molecule has 1 aliphatic carbocycles. The van der Waals surface area contributed by atoms with E-state index in [-0.39, 0.29) is 5.91 Å². The molecule has 1 saturated carbocycles. The van der Waals surface area contributed by atoms with Gasteiger partial charge in [-0.1, -0.05) is 30.7 Å². The Kier molecular flexibility index (Phi) is 5.01. The van der Waals surface area contributed by atoms with Crippen molar-refractivity contribution in [3.05, 3.63) is 53.1 Å². The SMILES string of the molecule is CCC(=O)N(Cc1nccn1Cc1cccc(Cl)c1)CC1CC1. The fraction of sp³-hybridized carbons (Fsp3) is 0.444. The Morgan fingerprint density at radius 1 is 1.43 bits per heavy atom. The van der Waals surface area contributed by atoms with Crippen LogP contribution in [0.3, 0.4) is 0 Å². The van der Waals surface area contributed by atoms with E-state index in [1.165, 1.54) is 12.8 Å². The molecule has 1 aromatic heterocycles. The minimum absolute atomic E-state index is 0.203. The summed E-state index contributed by atoms with van der Waals surface area (Å²) < 4.78 is 2.09. The molecule has 0 unspecified atom stereocenters. The van der Waals surface area contributed by atoms with Crippen LogP contribution >= 0.6 is 11.6 Å². The highest BCUT2D eigenvalue weighted by Crippen LogP contribution is 2.30. The Morgan fingerprint density at radius 3 is 2.96 bits per heavy atom. The monoisotopic (exact) mass is 331 g/mol. The first-order valence-electron chi connectivity index (χ1n) is 8.18. The fourth-order valence-electron chi connectivity index (χ4n) is 2.73. The van der Waals surface area contributed by atoms with Gasteiger partial charge in [-0.05, 0) is 36.5 Å². The molecule has 4 nitrogen and oxygen atoms in total. The van der Waals surface area contributed by atoms with Gasteiger partial charge in [-0.2, -0.15) is 0 Å². The van der Waals surface area contributed by atoms with Gasteiger partial charge in [0.2, 0.25) is 5.91 Å². The highest BCUT2D eigenvalue weighted by atomic mass is 35.5. The molecular weight excluding hydrogens is 310 g/mol. The van der Waals surface area contributed by atoms with E-state index in [4.69, 9.17) is 11.6 Å². The summed E-state index contributed by atoms with van der Waals surface area (Å²) in [7, 11) is 0. The summed E-state index contributed by atoms with van der Waals surface area (Å²) in [6.45, 7) is 4.07. The molecule has 0 aliphatic heterocycles. The lowest BCUT2D eigenvalue weighted by Gasteiger charge is -2.22. The molecule has 0 spiro atoms. The third-order valence-electron chi connectivity index (χ3n) is 4.21. The van der Waals surface area contributed by atoms with Crippen LogP contribution < -0.4 is 0 Å². The van der Waals surface area contributed by atoms with E-state index >= 15 is 0 Å². The largest absolute Gasteiger partial charge is 0.335 e. The molecule has 3 rings (SSSR count). The molecule has 1 aliphatic rings. The summed E-state index contributed by atoms with van der Waals surface area (Å²) in [5.41, 5.74) is 1.13. The summed E-state index contributed by atoms with van der Waals surface area (Å²) >= 11 is 6.06. The van der Waals surface area contributed by atoms with Crippen LogP contribution in [0.5, 0.6) is 0 Å². The second kappa shape index (κ2) is 7.18. The third kappa shape index (κ3) is 4.35. The van der Waals surface area contributed by atoms with E-state index in [9.17, 15) is 4.79 Å². The second-order valence-electron chi connectivity index (χ2n) is 6.17. The molecule has 1 amide bonds. The summed E-state index contributed by atoms with van der Waals surface area (Å²) in [4.78, 5) is 18.6. The van der Waals surface area contributed by atoms with Gasteiger partial charge in [-0.3, -0.25) is 4.79 Å². The highest BCUT2D eigenvalue weighted by Gasteiger charge is 2.27. The van der Waals surface area contributed by atoms with Crippen LogP contribution in [-0.4, -0.2) is 26.9 Å². The number of carbonyl (C=O) groups is 1. The molecule has 0 atom stereocenters. The number of hydrogen-bond donors (Lipinski definition) is 0. The molecule has 1 heterocycles. The topological polar surface area (TPSA) is 38.1 Å². The first-order valence-corrected chi connectivity index (χ1v) is 8.55. The molecule has 122 valence electrons. The van der Waals surface area contributed by atoms with Gasteiger partial charge < -0.3 is 9.47 Å². The Balaban J connectivity index is 1.72. The average molecular weight is 332 g/mol. The lowest BCUT2D eigenvalue weighted by molar-refractivity contribution is -0.131. The van der Waals surface area contributed by atoms with Crippen molar-refractivity contribution in [2.75, 3.05) is 6.54 Å². The van der Waals surface area contributed by atoms with E-state index in [1.54, 1.807) is 6.20 Å². The molecule has 0 saturated heterocycles. The molecule has 23 heavy (non-hydrogen) atoms. The zero-order chi connectivity index (χ0) is 16.2. The van der Waals surface area contributed by atoms with Crippen molar-refractivity contribution in [3.63, 3.8) is 0 Å². The number of imidazole rings is 1. The first-order chi connectivity index (χ1) is 11.2. The maximum absolute atomic E-state index is 12.2. The Bertz CT molecular complexity index is 678. The van der Waals surface area contributed by atoms with E-state index in [0.29, 0.717) is 25.4 Å². The maximum Gasteiger partial charge on any atom is 0.222 e. The lowest BCUT2D eigenvalue weighted by Crippen LogP contribution is -2.33. The molecule has 0 bridgehead atoms. The molecule has 2 aromatic rings. The minimum atomic E-state index is 0.203. The van der Waals surface area contributed by atoms with E-state index < -0.39 is 0 Å². The predicted molar refractivity (Wildman–Crippen MR) is 91.2 cm³/mol. The molecule has 1 fully saturated rings. The van der Waals surface area contributed by atoms with Crippen molar-refractivity contribution in [3.8, 4) is 0 Å². The van der Waals surface area contributed by atoms with Crippen LogP contribution in [0.4, 0.5) is 0 Å². The number of hydrogen-bond acceptors (Lipinski definition) is 2. The summed E-state index contributed by atoms with van der Waals surface area (Å²) in [6, 6.07) is 7.84. The van der Waals surface area contributed by atoms with Crippen molar-refractivity contribution in [1.82, 2.24) is 14.5 Å². The van der Waals surface area contributed by atoms with Crippen molar-refractivity contribution in [2.24, 2.45) is 5.92 Å². The Hall–Kier alpha value is -1.81. The van der Waals surface area contributed by atoms with Gasteiger partial charge >= 0.3 is 0 Å². The zero-order valence-corrected chi connectivity index (χ0v) is 14.2. The van der Waals surface area contributed by atoms with Gasteiger partial charge in [0.15, 0.2) is 0 Å². The highest BCUT2D eigenvalue weighted by molar-refractivity contribution is 6.30. The summed E-state index contributed by atoms with van der Waals surface area (Å²) in [5, 5.41) is 0.737. The number of carbonyl (C=O) groups excluding carboxylic acids is 1. The van der Waals surface area contributed by atoms with Crippen LogP contribution in [-0.2, 0) is 17.9 Å². The van der Waals surface area contributed by atoms with Crippen molar-refractivity contribution < 1.29 is 4.79 Å². The average Bonchev–Trinajstić information content (AvgIpc) is 3.26. The van der Waals surface area contributed by atoms with Crippen LogP contribution in [0.2, 0.25) is 5.02 Å². The fourth-order valence-corrected chi connectivity index (χ4v) is 2.94. The van der Waals surface area contributed by atoms with Gasteiger partial charge in [0.05, 0.1) is 6.54 Å². The number of aromatic nitrogens is 2. The van der Waals surface area contributed by atoms with Crippen LogP contribution in [0.25, 0.3) is 0 Å². The van der Waals surface area contributed by atoms with Gasteiger partial charge in [-0.25, -0.2) is 4.98 Å². The number of rotatable bonds is 7. The zero-order valence-electron chi connectivity index (χ0n) is 13.4. The normalized spacial score (nSPS) is 14.0. The number of halogens is 1. The molecule has 5 heteroatoms. The number of benzene rings is 1. The molecular formula is C18H22ClN3O. The maximum atomic E-state index is 12.2. The summed E-state index contributed by atoms with van der Waals surface area (Å²) in [6.07, 6.45) is 6.78. The third-order valence-corrected chi connectivity index (χ3v) is 4.44. The lowest BCUT2D eigenvalue weighted by atomic mass is 10.2. The molecule has 0 N–H and O–H groups in total. The minimum Gasteiger partial charge on any atom is -0.335 e. The van der Waals surface area contributed by atoms with Gasteiger partial charge in [0.25, 0.3) is 0 Å². The van der Waals surface area contributed by atoms with Crippen LogP contribution in [0, 0.1) is 5.92 Å². The van der Waals surface area contributed by atoms with Gasteiger partial charge in [-0.15, -0.1) is 0 Å². The van der Waals surface area contributed by atoms with Gasteiger partial charge in [0, 0.05) is 36.9 Å². The standard InChI is InChI=1S/C18H22ClN3O/c1-2-18(23)22(11-14-6-7-14)13-17-20-8-9-21(17)12-15-4-3-5-16(19)10-15/h3-5,8-10,14H,2,6-7,11-13H2,1H3. The molecule has 1 aromatic carbocycles. The van der Waals surface area contributed by atoms with Crippen molar-refractivity contribution in [1.29, 1.82) is 0 Å². The van der Waals surface area contributed by atoms with E-state index in [2.05, 4.69) is 15.6 Å². The van der Waals surface area contributed by atoms with Gasteiger partial charge in [0.1, 0.15) is 5.82 Å².